The molecule has 1 aromatic carbocycles. The van der Waals surface area contributed by atoms with E-state index in [9.17, 15) is 0 Å². The van der Waals surface area contributed by atoms with Gasteiger partial charge in [-0.25, -0.2) is 9.97 Å². The third-order valence-electron chi connectivity index (χ3n) is 3.01. The molecule has 0 radical (unpaired) electrons. The molecule has 0 saturated heterocycles. The highest BCUT2D eigenvalue weighted by Crippen LogP contribution is 2.28. The summed E-state index contributed by atoms with van der Waals surface area (Å²) in [5.41, 5.74) is 6.05. The van der Waals surface area contributed by atoms with Crippen LogP contribution in [0.25, 0.3) is 10.2 Å². The minimum atomic E-state index is 0.720. The van der Waals surface area contributed by atoms with Crippen LogP contribution < -0.4 is 10.2 Å². The van der Waals surface area contributed by atoms with Gasteiger partial charge in [-0.15, -0.1) is 11.3 Å². The second kappa shape index (κ2) is 5.88. The van der Waals surface area contributed by atoms with Crippen LogP contribution in [0.5, 0.6) is 5.75 Å². The molecule has 0 unspecified atom stereocenters. The van der Waals surface area contributed by atoms with E-state index in [2.05, 4.69) is 25.9 Å². The van der Waals surface area contributed by atoms with Crippen LogP contribution in [0, 0.1) is 6.92 Å². The third-order valence-corrected chi connectivity index (χ3v) is 4.10. The maximum atomic E-state index is 5.18. The Morgan fingerprint density at radius 2 is 2.24 bits per heavy atom. The summed E-state index contributed by atoms with van der Waals surface area (Å²) in [6, 6.07) is 7.69. The molecule has 6 heteroatoms. The molecular weight excluding hydrogens is 284 g/mol. The van der Waals surface area contributed by atoms with Gasteiger partial charge in [-0.1, -0.05) is 12.1 Å². The fourth-order valence-corrected chi connectivity index (χ4v) is 2.88. The van der Waals surface area contributed by atoms with E-state index in [1.54, 1.807) is 31.0 Å². The van der Waals surface area contributed by atoms with Gasteiger partial charge in [0.15, 0.2) is 5.82 Å². The summed E-state index contributed by atoms with van der Waals surface area (Å²) < 4.78 is 6.19. The van der Waals surface area contributed by atoms with Gasteiger partial charge in [0, 0.05) is 0 Å². The summed E-state index contributed by atoms with van der Waals surface area (Å²) in [6.45, 7) is 2.04. The van der Waals surface area contributed by atoms with E-state index in [0.717, 1.165) is 32.9 Å². The molecule has 106 valence electrons. The smallest absolute Gasteiger partial charge is 0.167 e. The fourth-order valence-electron chi connectivity index (χ4n) is 1.94. The van der Waals surface area contributed by atoms with Crippen LogP contribution in [-0.4, -0.2) is 23.3 Å². The highest BCUT2D eigenvalue weighted by atomic mass is 32.1. The normalized spacial score (nSPS) is 11.1. The van der Waals surface area contributed by atoms with Gasteiger partial charge in [0.2, 0.25) is 0 Å². The first-order valence-electron chi connectivity index (χ1n) is 6.40. The van der Waals surface area contributed by atoms with E-state index >= 15 is 0 Å². The van der Waals surface area contributed by atoms with Crippen molar-refractivity contribution in [3.63, 3.8) is 0 Å². The standard InChI is InChI=1S/C15H14N4OS/c1-10-8-21-14-13(10)16-9-17-15(14)19-18-7-11-4-3-5-12(6-11)20-2/h3-9H,1-2H3,(H,16,17,19)/b18-7+. The van der Waals surface area contributed by atoms with Crippen molar-refractivity contribution in [3.8, 4) is 5.75 Å². The van der Waals surface area contributed by atoms with Gasteiger partial charge in [0.1, 0.15) is 12.1 Å². The average Bonchev–Trinajstić information content (AvgIpc) is 2.90. The molecule has 5 nitrogen and oxygen atoms in total. The number of anilines is 1. The SMILES string of the molecule is COc1cccc(/C=N/Nc2ncnc3c(C)csc23)c1. The van der Waals surface area contributed by atoms with Gasteiger partial charge < -0.3 is 4.74 Å². The van der Waals surface area contributed by atoms with E-state index in [1.807, 2.05) is 31.2 Å². The Kier molecular flexibility index (Phi) is 3.79. The zero-order valence-corrected chi connectivity index (χ0v) is 12.5. The van der Waals surface area contributed by atoms with E-state index in [-0.39, 0.29) is 0 Å². The van der Waals surface area contributed by atoms with Crippen molar-refractivity contribution < 1.29 is 4.74 Å². The van der Waals surface area contributed by atoms with Gasteiger partial charge in [0.25, 0.3) is 0 Å². The van der Waals surface area contributed by atoms with Gasteiger partial charge >= 0.3 is 0 Å². The van der Waals surface area contributed by atoms with E-state index < -0.39 is 0 Å². The maximum absolute atomic E-state index is 5.18. The number of aromatic nitrogens is 2. The van der Waals surface area contributed by atoms with E-state index in [1.165, 1.54) is 0 Å². The molecule has 3 rings (SSSR count). The summed E-state index contributed by atoms with van der Waals surface area (Å²) in [5, 5.41) is 6.30. The van der Waals surface area contributed by atoms with Crippen molar-refractivity contribution in [3.05, 3.63) is 47.1 Å². The second-order valence-corrected chi connectivity index (χ2v) is 5.34. The van der Waals surface area contributed by atoms with Crippen LogP contribution in [-0.2, 0) is 0 Å². The fraction of sp³-hybridized carbons (Fsp3) is 0.133. The molecule has 1 N–H and O–H groups in total. The Labute approximate surface area is 126 Å². The number of fused-ring (bicyclic) bond motifs is 1. The van der Waals surface area contributed by atoms with Gasteiger partial charge in [-0.3, -0.25) is 5.43 Å². The van der Waals surface area contributed by atoms with E-state index in [0.29, 0.717) is 0 Å². The van der Waals surface area contributed by atoms with Crippen LogP contribution in [0.4, 0.5) is 5.82 Å². The Bertz CT molecular complexity index is 797. The lowest BCUT2D eigenvalue weighted by Gasteiger charge is -2.01. The molecular formula is C15H14N4OS. The molecule has 0 aliphatic rings. The molecule has 0 atom stereocenters. The van der Waals surface area contributed by atoms with Crippen LogP contribution in [0.3, 0.4) is 0 Å². The molecule has 0 bridgehead atoms. The van der Waals surface area contributed by atoms with Crippen LogP contribution >= 0.6 is 11.3 Å². The first-order chi connectivity index (χ1) is 10.3. The second-order valence-electron chi connectivity index (χ2n) is 4.47. The predicted octanol–water partition coefficient (Wildman–Crippen LogP) is 3.45. The largest absolute Gasteiger partial charge is 0.497 e. The zero-order valence-electron chi connectivity index (χ0n) is 11.7. The summed E-state index contributed by atoms with van der Waals surface area (Å²) >= 11 is 1.61. The van der Waals surface area contributed by atoms with Crippen molar-refractivity contribution in [2.24, 2.45) is 5.10 Å². The average molecular weight is 298 g/mol. The highest BCUT2D eigenvalue weighted by Gasteiger charge is 2.06. The van der Waals surface area contributed by atoms with Crippen LogP contribution in [0.1, 0.15) is 11.1 Å². The third kappa shape index (κ3) is 2.85. The molecule has 0 fully saturated rings. The van der Waals surface area contributed by atoms with Crippen LogP contribution in [0.15, 0.2) is 41.1 Å². The number of nitrogens with zero attached hydrogens (tertiary/aromatic N) is 3. The molecule has 21 heavy (non-hydrogen) atoms. The number of methoxy groups -OCH3 is 1. The number of nitrogens with one attached hydrogen (secondary N) is 1. The summed E-state index contributed by atoms with van der Waals surface area (Å²) in [6.07, 6.45) is 3.28. The minimum absolute atomic E-state index is 0.720. The summed E-state index contributed by atoms with van der Waals surface area (Å²) in [5.74, 6) is 1.52. The molecule has 0 amide bonds. The number of hydrogen-bond donors (Lipinski definition) is 1. The topological polar surface area (TPSA) is 59.4 Å². The number of aryl methyl sites for hydroxylation is 1. The lowest BCUT2D eigenvalue weighted by Crippen LogP contribution is -1.95. The number of thiophene rings is 1. The Morgan fingerprint density at radius 1 is 1.33 bits per heavy atom. The lowest BCUT2D eigenvalue weighted by molar-refractivity contribution is 0.415. The number of hydrogen-bond acceptors (Lipinski definition) is 6. The molecule has 0 aliphatic carbocycles. The van der Waals surface area contributed by atoms with Crippen LogP contribution in [0.2, 0.25) is 0 Å². The molecule has 2 aromatic heterocycles. The van der Waals surface area contributed by atoms with E-state index in [4.69, 9.17) is 4.74 Å². The Morgan fingerprint density at radius 3 is 3.10 bits per heavy atom. The van der Waals surface area contributed by atoms with Gasteiger partial charge in [-0.05, 0) is 35.6 Å². The highest BCUT2D eigenvalue weighted by molar-refractivity contribution is 7.18. The maximum Gasteiger partial charge on any atom is 0.167 e. The molecule has 0 saturated carbocycles. The predicted molar refractivity (Wildman–Crippen MR) is 86.4 cm³/mol. The minimum Gasteiger partial charge on any atom is -0.497 e. The monoisotopic (exact) mass is 298 g/mol. The van der Waals surface area contributed by atoms with Crippen molar-refractivity contribution >= 4 is 33.6 Å². The Balaban J connectivity index is 1.81. The molecule has 3 aromatic rings. The number of hydrazone groups is 1. The van der Waals surface area contributed by atoms with Crippen molar-refractivity contribution in [2.75, 3.05) is 12.5 Å². The van der Waals surface area contributed by atoms with Gasteiger partial charge in [-0.2, -0.15) is 5.10 Å². The summed E-state index contributed by atoms with van der Waals surface area (Å²) in [7, 11) is 1.64. The quantitative estimate of drug-likeness (QED) is 0.592. The number of ether oxygens (including phenoxy) is 1. The van der Waals surface area contributed by atoms with Crippen molar-refractivity contribution in [1.82, 2.24) is 9.97 Å². The first-order valence-corrected chi connectivity index (χ1v) is 7.28. The molecule has 0 spiro atoms. The first kappa shape index (κ1) is 13.5. The molecule has 0 aliphatic heterocycles. The number of rotatable bonds is 4. The zero-order chi connectivity index (χ0) is 14.7. The lowest BCUT2D eigenvalue weighted by atomic mass is 10.2. The van der Waals surface area contributed by atoms with Gasteiger partial charge in [0.05, 0.1) is 23.5 Å². The Hall–Kier alpha value is -2.47. The molecule has 2 heterocycles. The van der Waals surface area contributed by atoms with Crippen molar-refractivity contribution in [2.45, 2.75) is 6.92 Å². The van der Waals surface area contributed by atoms with Crippen molar-refractivity contribution in [1.29, 1.82) is 0 Å². The summed E-state index contributed by atoms with van der Waals surface area (Å²) in [4.78, 5) is 8.52. The number of benzene rings is 1.